The number of hydrogen-bond acceptors (Lipinski definition) is 2. The third kappa shape index (κ3) is 6.83. The van der Waals surface area contributed by atoms with Gasteiger partial charge in [0.1, 0.15) is 0 Å². The highest BCUT2D eigenvalue weighted by Crippen LogP contribution is 2.24. The highest BCUT2D eigenvalue weighted by Gasteiger charge is 2.19. The first-order valence-electron chi connectivity index (χ1n) is 9.28. The lowest BCUT2D eigenvalue weighted by Gasteiger charge is -2.22. The number of aliphatic imine (C=N–C) groups is 1. The molecule has 0 saturated heterocycles. The summed E-state index contributed by atoms with van der Waals surface area (Å²) in [5.74, 6) is 1.38. The summed E-state index contributed by atoms with van der Waals surface area (Å²) < 4.78 is 12.0. The number of benzene rings is 1. The van der Waals surface area contributed by atoms with Gasteiger partial charge >= 0.3 is 0 Å². The van der Waals surface area contributed by atoms with Crippen LogP contribution in [0.4, 0.5) is 0 Å². The summed E-state index contributed by atoms with van der Waals surface area (Å²) in [5, 5.41) is 6.72. The number of rotatable bonds is 5. The summed E-state index contributed by atoms with van der Waals surface area (Å²) in [6.07, 6.45) is 5.02. The van der Waals surface area contributed by atoms with Crippen LogP contribution in [0.1, 0.15) is 63.3 Å². The van der Waals surface area contributed by atoms with E-state index in [0.717, 1.165) is 5.96 Å². The first-order chi connectivity index (χ1) is 11.8. The number of hydrogen-bond donors (Lipinski definition) is 2. The molecular formula is C20H34IN3OS. The van der Waals surface area contributed by atoms with Crippen molar-refractivity contribution in [3.63, 3.8) is 0 Å². The van der Waals surface area contributed by atoms with Gasteiger partial charge < -0.3 is 10.6 Å². The Labute approximate surface area is 178 Å². The molecule has 4 nitrogen and oxygen atoms in total. The van der Waals surface area contributed by atoms with Crippen LogP contribution in [0.3, 0.4) is 0 Å². The van der Waals surface area contributed by atoms with Crippen LogP contribution in [0.2, 0.25) is 0 Å². The molecule has 0 fully saturated rings. The number of guanidine groups is 1. The van der Waals surface area contributed by atoms with Gasteiger partial charge in [0.25, 0.3) is 0 Å². The van der Waals surface area contributed by atoms with Crippen molar-refractivity contribution in [1.29, 1.82) is 0 Å². The molecule has 1 aliphatic carbocycles. The predicted molar refractivity (Wildman–Crippen MR) is 124 cm³/mol. The van der Waals surface area contributed by atoms with Crippen LogP contribution in [-0.2, 0) is 23.6 Å². The van der Waals surface area contributed by atoms with Gasteiger partial charge in [-0.3, -0.25) is 9.20 Å². The van der Waals surface area contributed by atoms with Gasteiger partial charge in [0.2, 0.25) is 0 Å². The minimum atomic E-state index is -0.851. The highest BCUT2D eigenvalue weighted by atomic mass is 127. The van der Waals surface area contributed by atoms with E-state index in [1.165, 1.54) is 42.4 Å². The zero-order valence-electron chi connectivity index (χ0n) is 16.7. The number of nitrogens with one attached hydrogen (secondary N) is 2. The second kappa shape index (κ2) is 10.6. The fourth-order valence-corrected chi connectivity index (χ4v) is 3.97. The van der Waals surface area contributed by atoms with Crippen molar-refractivity contribution in [3.05, 3.63) is 34.9 Å². The van der Waals surface area contributed by atoms with Gasteiger partial charge in [-0.2, -0.15) is 0 Å². The number of halogens is 1. The van der Waals surface area contributed by atoms with Crippen molar-refractivity contribution in [2.24, 2.45) is 4.99 Å². The summed E-state index contributed by atoms with van der Waals surface area (Å²) in [6, 6.07) is 7.04. The molecule has 1 aromatic carbocycles. The molecule has 1 aliphatic rings. The van der Waals surface area contributed by atoms with Gasteiger partial charge in [0, 0.05) is 34.9 Å². The Morgan fingerprint density at radius 2 is 1.88 bits per heavy atom. The fraction of sp³-hybridized carbons (Fsp3) is 0.650. The summed E-state index contributed by atoms with van der Waals surface area (Å²) in [6.45, 7) is 8.84. The van der Waals surface area contributed by atoms with E-state index in [1.807, 2.05) is 20.8 Å². The molecule has 2 unspecified atom stereocenters. The van der Waals surface area contributed by atoms with E-state index in [4.69, 9.17) is 0 Å². The average molecular weight is 491 g/mol. The van der Waals surface area contributed by atoms with E-state index in [9.17, 15) is 4.21 Å². The number of nitrogens with zero attached hydrogens (tertiary/aromatic N) is 1. The van der Waals surface area contributed by atoms with E-state index in [-0.39, 0.29) is 34.8 Å². The average Bonchev–Trinajstić information content (AvgIpc) is 2.59. The molecule has 2 rings (SSSR count). The lowest BCUT2D eigenvalue weighted by atomic mass is 9.89. The normalized spacial score (nSPS) is 16.9. The Morgan fingerprint density at radius 1 is 1.23 bits per heavy atom. The van der Waals surface area contributed by atoms with Gasteiger partial charge in [-0.15, -0.1) is 24.0 Å². The third-order valence-corrected chi connectivity index (χ3v) is 6.65. The predicted octanol–water partition coefficient (Wildman–Crippen LogP) is 3.96. The quantitative estimate of drug-likeness (QED) is 0.373. The maximum atomic E-state index is 12.1. The van der Waals surface area contributed by atoms with E-state index in [1.54, 1.807) is 7.05 Å². The zero-order valence-corrected chi connectivity index (χ0v) is 19.9. The van der Waals surface area contributed by atoms with Crippen molar-refractivity contribution in [2.75, 3.05) is 19.3 Å². The molecule has 2 N–H and O–H groups in total. The maximum absolute atomic E-state index is 12.1. The zero-order chi connectivity index (χ0) is 18.4. The number of aryl methyl sites for hydroxylation is 2. The Morgan fingerprint density at radius 3 is 2.50 bits per heavy atom. The highest BCUT2D eigenvalue weighted by molar-refractivity contribution is 14.0. The van der Waals surface area contributed by atoms with E-state index < -0.39 is 10.8 Å². The molecule has 26 heavy (non-hydrogen) atoms. The topological polar surface area (TPSA) is 53.5 Å². The van der Waals surface area contributed by atoms with Crippen LogP contribution in [-0.4, -0.2) is 34.3 Å². The van der Waals surface area contributed by atoms with Crippen LogP contribution in [0.15, 0.2) is 23.2 Å². The second-order valence-electron chi connectivity index (χ2n) is 7.76. The van der Waals surface area contributed by atoms with Crippen molar-refractivity contribution < 1.29 is 4.21 Å². The third-order valence-electron chi connectivity index (χ3n) is 4.71. The molecule has 0 radical (unpaired) electrons. The minimum absolute atomic E-state index is 0. The number of fused-ring (bicyclic) bond motifs is 1. The van der Waals surface area contributed by atoms with Gasteiger partial charge in [-0.25, -0.2) is 0 Å². The molecule has 0 amide bonds. The molecule has 0 heterocycles. The Bertz CT molecular complexity index is 640. The Balaban J connectivity index is 0.00000338. The lowest BCUT2D eigenvalue weighted by molar-refractivity contribution is 0.645. The van der Waals surface area contributed by atoms with Crippen molar-refractivity contribution in [2.45, 2.75) is 64.2 Å². The SMILES string of the molecule is CN=C(NCCS(=O)C(C)(C)C)NC(C)c1ccc2c(c1)CCCC2.I. The summed E-state index contributed by atoms with van der Waals surface area (Å²) in [4.78, 5) is 4.30. The van der Waals surface area contributed by atoms with Crippen LogP contribution in [0.5, 0.6) is 0 Å². The fourth-order valence-electron chi connectivity index (χ4n) is 3.07. The van der Waals surface area contributed by atoms with Crippen LogP contribution >= 0.6 is 24.0 Å². The molecule has 0 saturated carbocycles. The largest absolute Gasteiger partial charge is 0.355 e. The van der Waals surface area contributed by atoms with Crippen LogP contribution < -0.4 is 10.6 Å². The molecule has 6 heteroatoms. The van der Waals surface area contributed by atoms with Gasteiger partial charge in [-0.05, 0) is 70.1 Å². The summed E-state index contributed by atoms with van der Waals surface area (Å²) >= 11 is 0. The standard InChI is InChI=1S/C20H33N3OS.HI/c1-15(17-11-10-16-8-6-7-9-18(16)14-17)23-19(21-5)22-12-13-25(24)20(2,3)4;/h10-11,14-15H,6-9,12-13H2,1-5H3,(H2,21,22,23);1H. The van der Waals surface area contributed by atoms with Gasteiger partial charge in [-0.1, -0.05) is 18.2 Å². The molecule has 0 bridgehead atoms. The first kappa shape index (κ1) is 23.4. The molecule has 0 spiro atoms. The van der Waals surface area contributed by atoms with E-state index >= 15 is 0 Å². The van der Waals surface area contributed by atoms with Crippen molar-refractivity contribution in [3.8, 4) is 0 Å². The molecule has 2 atom stereocenters. The Hall–Kier alpha value is -0.630. The lowest BCUT2D eigenvalue weighted by Crippen LogP contribution is -2.41. The molecule has 148 valence electrons. The minimum Gasteiger partial charge on any atom is -0.355 e. The van der Waals surface area contributed by atoms with Crippen LogP contribution in [0, 0.1) is 0 Å². The van der Waals surface area contributed by atoms with Crippen molar-refractivity contribution in [1.82, 2.24) is 10.6 Å². The van der Waals surface area contributed by atoms with Crippen molar-refractivity contribution >= 4 is 40.7 Å². The monoisotopic (exact) mass is 491 g/mol. The van der Waals surface area contributed by atoms with E-state index in [0.29, 0.717) is 12.3 Å². The first-order valence-corrected chi connectivity index (χ1v) is 10.6. The second-order valence-corrected chi connectivity index (χ2v) is 10.1. The van der Waals surface area contributed by atoms with Gasteiger partial charge in [0.05, 0.1) is 6.04 Å². The molecule has 0 aromatic heterocycles. The van der Waals surface area contributed by atoms with Crippen LogP contribution in [0.25, 0.3) is 0 Å². The van der Waals surface area contributed by atoms with E-state index in [2.05, 4.69) is 40.7 Å². The molecule has 1 aromatic rings. The molecular weight excluding hydrogens is 457 g/mol. The Kier molecular flexibility index (Phi) is 9.58. The molecule has 0 aliphatic heterocycles. The van der Waals surface area contributed by atoms with Gasteiger partial charge in [0.15, 0.2) is 5.96 Å². The smallest absolute Gasteiger partial charge is 0.191 e. The summed E-state index contributed by atoms with van der Waals surface area (Å²) in [7, 11) is 0.922. The maximum Gasteiger partial charge on any atom is 0.191 e. The summed E-state index contributed by atoms with van der Waals surface area (Å²) in [5.41, 5.74) is 4.30.